The molecule has 118 valence electrons. The monoisotopic (exact) mass is 335 g/mol. The zero-order chi connectivity index (χ0) is 16.4. The van der Waals surface area contributed by atoms with E-state index in [4.69, 9.17) is 10.7 Å². The Labute approximate surface area is 129 Å². The fourth-order valence-corrected chi connectivity index (χ4v) is 3.06. The average Bonchev–Trinajstić information content (AvgIpc) is 2.36. The first-order valence-electron chi connectivity index (χ1n) is 6.61. The largest absolute Gasteiger partial charge is 0.347 e. The summed E-state index contributed by atoms with van der Waals surface area (Å²) in [5.41, 5.74) is -0.644. The molecule has 1 aromatic rings. The van der Waals surface area contributed by atoms with Gasteiger partial charge in [-0.1, -0.05) is 13.8 Å². The van der Waals surface area contributed by atoms with Crippen molar-refractivity contribution in [1.82, 2.24) is 5.32 Å². The van der Waals surface area contributed by atoms with Gasteiger partial charge in [0.15, 0.2) is 0 Å². The SMILES string of the molecule is CCC(C)(CC)NC(=O)c1cc(S(=O)(=O)Cl)c(C)cc1F. The Balaban J connectivity index is 3.28. The molecule has 0 aromatic heterocycles. The molecular weight excluding hydrogens is 317 g/mol. The van der Waals surface area contributed by atoms with E-state index in [-0.39, 0.29) is 16.0 Å². The van der Waals surface area contributed by atoms with Gasteiger partial charge in [-0.05, 0) is 44.4 Å². The van der Waals surface area contributed by atoms with E-state index in [9.17, 15) is 17.6 Å². The first kappa shape index (κ1) is 17.9. The van der Waals surface area contributed by atoms with Crippen molar-refractivity contribution >= 4 is 25.6 Å². The van der Waals surface area contributed by atoms with Gasteiger partial charge in [-0.3, -0.25) is 4.79 Å². The van der Waals surface area contributed by atoms with Crippen LogP contribution in [0.1, 0.15) is 49.5 Å². The van der Waals surface area contributed by atoms with Gasteiger partial charge in [0.05, 0.1) is 10.5 Å². The van der Waals surface area contributed by atoms with Crippen molar-refractivity contribution in [2.24, 2.45) is 0 Å². The molecule has 1 N–H and O–H groups in total. The number of amides is 1. The first-order valence-corrected chi connectivity index (χ1v) is 8.92. The highest BCUT2D eigenvalue weighted by atomic mass is 35.7. The van der Waals surface area contributed by atoms with Crippen molar-refractivity contribution < 1.29 is 17.6 Å². The summed E-state index contributed by atoms with van der Waals surface area (Å²) in [5, 5.41) is 2.73. The molecule has 1 amide bonds. The van der Waals surface area contributed by atoms with Crippen LogP contribution in [0.5, 0.6) is 0 Å². The Bertz CT molecular complexity index is 654. The molecule has 0 atom stereocenters. The Hall–Kier alpha value is -1.14. The second-order valence-corrected chi connectivity index (χ2v) is 7.79. The van der Waals surface area contributed by atoms with Gasteiger partial charge in [0, 0.05) is 16.2 Å². The molecule has 0 aliphatic rings. The van der Waals surface area contributed by atoms with Crippen LogP contribution in [0.3, 0.4) is 0 Å². The molecule has 21 heavy (non-hydrogen) atoms. The van der Waals surface area contributed by atoms with Crippen molar-refractivity contribution in [3.8, 4) is 0 Å². The lowest BCUT2D eigenvalue weighted by Crippen LogP contribution is -2.45. The molecule has 0 heterocycles. The van der Waals surface area contributed by atoms with Crippen LogP contribution in [0.2, 0.25) is 0 Å². The van der Waals surface area contributed by atoms with E-state index < -0.39 is 26.3 Å². The lowest BCUT2D eigenvalue weighted by molar-refractivity contribution is 0.0896. The number of halogens is 2. The van der Waals surface area contributed by atoms with E-state index in [2.05, 4.69) is 5.32 Å². The highest BCUT2D eigenvalue weighted by Crippen LogP contribution is 2.24. The third-order valence-electron chi connectivity index (χ3n) is 3.75. The van der Waals surface area contributed by atoms with Gasteiger partial charge < -0.3 is 5.32 Å². The molecule has 4 nitrogen and oxygen atoms in total. The lowest BCUT2D eigenvalue weighted by Gasteiger charge is -2.28. The molecule has 0 radical (unpaired) electrons. The number of carbonyl (C=O) groups is 1. The van der Waals surface area contributed by atoms with E-state index in [0.29, 0.717) is 12.8 Å². The minimum Gasteiger partial charge on any atom is -0.347 e. The van der Waals surface area contributed by atoms with Crippen LogP contribution in [0, 0.1) is 12.7 Å². The van der Waals surface area contributed by atoms with Gasteiger partial charge in [0.25, 0.3) is 15.0 Å². The van der Waals surface area contributed by atoms with E-state index in [1.807, 2.05) is 20.8 Å². The van der Waals surface area contributed by atoms with E-state index in [0.717, 1.165) is 12.1 Å². The van der Waals surface area contributed by atoms with Crippen molar-refractivity contribution in [2.75, 3.05) is 0 Å². The van der Waals surface area contributed by atoms with Gasteiger partial charge >= 0.3 is 0 Å². The predicted molar refractivity (Wildman–Crippen MR) is 80.6 cm³/mol. The summed E-state index contributed by atoms with van der Waals surface area (Å²) in [4.78, 5) is 11.9. The predicted octanol–water partition coefficient (Wildman–Crippen LogP) is 3.37. The Morgan fingerprint density at radius 2 is 1.86 bits per heavy atom. The second kappa shape index (κ2) is 6.32. The molecule has 0 saturated heterocycles. The Morgan fingerprint density at radius 3 is 2.29 bits per heavy atom. The van der Waals surface area contributed by atoms with Crippen LogP contribution in [0.4, 0.5) is 4.39 Å². The normalized spacial score (nSPS) is 12.3. The molecule has 0 spiro atoms. The van der Waals surface area contributed by atoms with Crippen molar-refractivity contribution in [1.29, 1.82) is 0 Å². The van der Waals surface area contributed by atoms with E-state index in [1.54, 1.807) is 0 Å². The fraction of sp³-hybridized carbons (Fsp3) is 0.500. The number of carbonyl (C=O) groups excluding carboxylic acids is 1. The number of nitrogens with one attached hydrogen (secondary N) is 1. The number of aryl methyl sites for hydroxylation is 1. The standard InChI is InChI=1S/C14H19ClFNO3S/c1-5-14(4,6-2)17-13(18)10-8-12(21(15,19)20)9(3)7-11(10)16/h7-8H,5-6H2,1-4H3,(H,17,18). The van der Waals surface area contributed by atoms with Crippen LogP contribution >= 0.6 is 10.7 Å². The number of hydrogen-bond acceptors (Lipinski definition) is 3. The maximum absolute atomic E-state index is 14.0. The molecule has 7 heteroatoms. The lowest BCUT2D eigenvalue weighted by atomic mass is 9.95. The summed E-state index contributed by atoms with van der Waals surface area (Å²) >= 11 is 0. The zero-order valence-electron chi connectivity index (χ0n) is 12.5. The van der Waals surface area contributed by atoms with Crippen LogP contribution in [0.25, 0.3) is 0 Å². The summed E-state index contributed by atoms with van der Waals surface area (Å²) in [6, 6.07) is 1.98. The van der Waals surface area contributed by atoms with Crippen LogP contribution < -0.4 is 5.32 Å². The highest BCUT2D eigenvalue weighted by molar-refractivity contribution is 8.13. The number of hydrogen-bond donors (Lipinski definition) is 1. The van der Waals surface area contributed by atoms with Crippen LogP contribution in [0.15, 0.2) is 17.0 Å². The Morgan fingerprint density at radius 1 is 1.33 bits per heavy atom. The topological polar surface area (TPSA) is 63.2 Å². The van der Waals surface area contributed by atoms with E-state index in [1.165, 1.54) is 6.92 Å². The molecule has 0 aliphatic heterocycles. The smallest absolute Gasteiger partial charge is 0.261 e. The van der Waals surface area contributed by atoms with Crippen molar-refractivity contribution in [3.63, 3.8) is 0 Å². The molecule has 0 aliphatic carbocycles. The second-order valence-electron chi connectivity index (χ2n) is 5.26. The third kappa shape index (κ3) is 4.17. The van der Waals surface area contributed by atoms with Gasteiger partial charge in [0.2, 0.25) is 0 Å². The molecular formula is C14H19ClFNO3S. The van der Waals surface area contributed by atoms with Gasteiger partial charge in [-0.15, -0.1) is 0 Å². The van der Waals surface area contributed by atoms with Crippen LogP contribution in [-0.2, 0) is 9.05 Å². The molecule has 0 bridgehead atoms. The molecule has 0 unspecified atom stereocenters. The van der Waals surface area contributed by atoms with Gasteiger partial charge in [0.1, 0.15) is 5.82 Å². The molecule has 1 aromatic carbocycles. The fourth-order valence-electron chi connectivity index (χ4n) is 1.86. The zero-order valence-corrected chi connectivity index (χ0v) is 14.0. The van der Waals surface area contributed by atoms with Gasteiger partial charge in [-0.2, -0.15) is 0 Å². The number of benzene rings is 1. The van der Waals surface area contributed by atoms with E-state index >= 15 is 0 Å². The Kier molecular flexibility index (Phi) is 5.39. The molecule has 0 saturated carbocycles. The maximum Gasteiger partial charge on any atom is 0.261 e. The van der Waals surface area contributed by atoms with Crippen LogP contribution in [-0.4, -0.2) is 19.9 Å². The molecule has 1 rings (SSSR count). The minimum absolute atomic E-state index is 0.160. The minimum atomic E-state index is -4.04. The maximum atomic E-state index is 14.0. The summed E-state index contributed by atoms with van der Waals surface area (Å²) in [6.45, 7) is 7.08. The van der Waals surface area contributed by atoms with Crippen molar-refractivity contribution in [2.45, 2.75) is 51.0 Å². The molecule has 0 fully saturated rings. The quantitative estimate of drug-likeness (QED) is 0.839. The van der Waals surface area contributed by atoms with Gasteiger partial charge in [-0.25, -0.2) is 12.8 Å². The third-order valence-corrected chi connectivity index (χ3v) is 5.21. The first-order chi connectivity index (χ1) is 9.54. The highest BCUT2D eigenvalue weighted by Gasteiger charge is 2.26. The summed E-state index contributed by atoms with van der Waals surface area (Å²) in [7, 11) is 1.26. The summed E-state index contributed by atoms with van der Waals surface area (Å²) in [5.74, 6) is -1.43. The summed E-state index contributed by atoms with van der Waals surface area (Å²) in [6.07, 6.45) is 1.34. The van der Waals surface area contributed by atoms with Crippen molar-refractivity contribution in [3.05, 3.63) is 29.1 Å². The average molecular weight is 336 g/mol. The summed E-state index contributed by atoms with van der Waals surface area (Å²) < 4.78 is 36.9. The number of rotatable bonds is 5.